The first kappa shape index (κ1) is 15.4. The van der Waals surface area contributed by atoms with Crippen molar-refractivity contribution in [3.63, 3.8) is 0 Å². The van der Waals surface area contributed by atoms with E-state index in [1.54, 1.807) is 12.1 Å². The highest BCUT2D eigenvalue weighted by Crippen LogP contribution is 2.24. The molecule has 110 valence electrons. The number of piperidine rings is 1. The number of nitrogens with one attached hydrogen (secondary N) is 1. The zero-order chi connectivity index (χ0) is 14.4. The Kier molecular flexibility index (Phi) is 5.94. The van der Waals surface area contributed by atoms with Crippen LogP contribution in [0.5, 0.6) is 0 Å². The molecule has 0 amide bonds. The molecule has 2 rings (SSSR count). The second kappa shape index (κ2) is 7.71. The van der Waals surface area contributed by atoms with E-state index in [-0.39, 0.29) is 10.6 Å². The topological polar surface area (TPSA) is 64.4 Å². The number of hydrogen-bond acceptors (Lipinski definition) is 4. The van der Waals surface area contributed by atoms with Gasteiger partial charge < -0.3 is 10.1 Å². The van der Waals surface area contributed by atoms with Crippen LogP contribution in [0.15, 0.2) is 22.7 Å². The van der Waals surface area contributed by atoms with E-state index in [2.05, 4.69) is 21.2 Å². The zero-order valence-electron chi connectivity index (χ0n) is 11.3. The molecule has 0 bridgehead atoms. The van der Waals surface area contributed by atoms with Crippen LogP contribution < -0.4 is 5.32 Å². The fraction of sp³-hybridized carbons (Fsp3) is 0.571. The first-order valence-corrected chi connectivity index (χ1v) is 7.67. The van der Waals surface area contributed by atoms with Crippen molar-refractivity contribution < 1.29 is 9.66 Å². The van der Waals surface area contributed by atoms with Crippen LogP contribution in [0.4, 0.5) is 5.69 Å². The van der Waals surface area contributed by atoms with Gasteiger partial charge in [0, 0.05) is 17.1 Å². The third-order valence-electron chi connectivity index (χ3n) is 3.57. The Morgan fingerprint density at radius 3 is 3.05 bits per heavy atom. The molecule has 1 aromatic carbocycles. The number of hydrogen-bond donors (Lipinski definition) is 1. The summed E-state index contributed by atoms with van der Waals surface area (Å²) in [7, 11) is 0. The number of benzene rings is 1. The van der Waals surface area contributed by atoms with Crippen molar-refractivity contribution in [2.75, 3.05) is 19.7 Å². The van der Waals surface area contributed by atoms with Crippen molar-refractivity contribution in [3.8, 4) is 0 Å². The lowest BCUT2D eigenvalue weighted by molar-refractivity contribution is -0.386. The lowest BCUT2D eigenvalue weighted by Crippen LogP contribution is -2.30. The highest BCUT2D eigenvalue weighted by molar-refractivity contribution is 9.10. The summed E-state index contributed by atoms with van der Waals surface area (Å²) in [5, 5.41) is 14.3. The number of ether oxygens (including phenoxy) is 1. The smallest absolute Gasteiger partial charge is 0.276 e. The molecule has 1 fully saturated rings. The van der Waals surface area contributed by atoms with Crippen LogP contribution in [-0.4, -0.2) is 24.6 Å². The van der Waals surface area contributed by atoms with Gasteiger partial charge in [-0.3, -0.25) is 10.1 Å². The summed E-state index contributed by atoms with van der Waals surface area (Å²) < 4.78 is 6.32. The average Bonchev–Trinajstić information content (AvgIpc) is 2.45. The van der Waals surface area contributed by atoms with E-state index >= 15 is 0 Å². The third-order valence-corrected chi connectivity index (χ3v) is 4.06. The van der Waals surface area contributed by atoms with E-state index in [9.17, 15) is 10.1 Å². The summed E-state index contributed by atoms with van der Waals surface area (Å²) in [5.41, 5.74) is 0.735. The van der Waals surface area contributed by atoms with Gasteiger partial charge in [-0.1, -0.05) is 15.9 Å². The molecule has 0 aromatic heterocycles. The Bertz CT molecular complexity index is 462. The molecule has 1 heterocycles. The molecule has 1 unspecified atom stereocenters. The van der Waals surface area contributed by atoms with Gasteiger partial charge in [-0.15, -0.1) is 0 Å². The van der Waals surface area contributed by atoms with Gasteiger partial charge in [0.15, 0.2) is 0 Å². The minimum Gasteiger partial charge on any atom is -0.376 e. The van der Waals surface area contributed by atoms with Crippen LogP contribution in [-0.2, 0) is 11.3 Å². The van der Waals surface area contributed by atoms with E-state index in [0.717, 1.165) is 19.5 Å². The summed E-state index contributed by atoms with van der Waals surface area (Å²) >= 11 is 3.25. The lowest BCUT2D eigenvalue weighted by atomic mass is 9.97. The number of halogens is 1. The molecule has 0 saturated carbocycles. The summed E-state index contributed by atoms with van der Waals surface area (Å²) in [4.78, 5) is 10.6. The van der Waals surface area contributed by atoms with E-state index in [4.69, 9.17) is 4.74 Å². The highest BCUT2D eigenvalue weighted by Gasteiger charge is 2.15. The predicted octanol–water partition coefficient (Wildman–Crippen LogP) is 3.26. The van der Waals surface area contributed by atoms with Crippen molar-refractivity contribution in [2.24, 2.45) is 5.92 Å². The first-order chi connectivity index (χ1) is 9.66. The van der Waals surface area contributed by atoms with Gasteiger partial charge in [-0.05, 0) is 50.4 Å². The van der Waals surface area contributed by atoms with Crippen LogP contribution >= 0.6 is 15.9 Å². The Labute approximate surface area is 127 Å². The second-order valence-corrected chi connectivity index (χ2v) is 6.00. The molecule has 0 aliphatic carbocycles. The maximum absolute atomic E-state index is 11.0. The molecule has 6 heteroatoms. The molecule has 1 aromatic rings. The first-order valence-electron chi connectivity index (χ1n) is 6.88. The van der Waals surface area contributed by atoms with Crippen molar-refractivity contribution in [1.82, 2.24) is 5.32 Å². The van der Waals surface area contributed by atoms with E-state index in [0.29, 0.717) is 29.2 Å². The Morgan fingerprint density at radius 2 is 2.35 bits per heavy atom. The Hall–Kier alpha value is -0.980. The maximum atomic E-state index is 11.0. The van der Waals surface area contributed by atoms with Gasteiger partial charge in [0.2, 0.25) is 0 Å². The molecule has 1 aliphatic rings. The minimum atomic E-state index is -0.367. The van der Waals surface area contributed by atoms with Crippen molar-refractivity contribution >= 4 is 21.6 Å². The van der Waals surface area contributed by atoms with Crippen LogP contribution in [0, 0.1) is 16.0 Å². The molecule has 5 nitrogen and oxygen atoms in total. The van der Waals surface area contributed by atoms with E-state index in [1.807, 2.05) is 0 Å². The number of nitro benzene ring substituents is 1. The SMILES string of the molecule is O=[N+]([O-])c1cc(Br)ccc1COCCC1CCCNC1. The van der Waals surface area contributed by atoms with E-state index in [1.165, 1.54) is 18.9 Å². The van der Waals surface area contributed by atoms with Crippen molar-refractivity contribution in [2.45, 2.75) is 25.9 Å². The van der Waals surface area contributed by atoms with Crippen molar-refractivity contribution in [1.29, 1.82) is 0 Å². The summed E-state index contributed by atoms with van der Waals surface area (Å²) in [6.45, 7) is 3.12. The van der Waals surface area contributed by atoms with Gasteiger partial charge in [-0.2, -0.15) is 0 Å². The second-order valence-electron chi connectivity index (χ2n) is 5.08. The Balaban J connectivity index is 1.80. The van der Waals surface area contributed by atoms with Gasteiger partial charge in [0.05, 0.1) is 17.1 Å². The molecule has 0 spiro atoms. The van der Waals surface area contributed by atoms with Crippen LogP contribution in [0.25, 0.3) is 0 Å². The standard InChI is InChI=1S/C14H19BrN2O3/c15-13-4-3-12(14(8-13)17(18)19)10-20-7-5-11-2-1-6-16-9-11/h3-4,8,11,16H,1-2,5-7,9-10H2. The van der Waals surface area contributed by atoms with Crippen LogP contribution in [0.1, 0.15) is 24.8 Å². The van der Waals surface area contributed by atoms with Gasteiger partial charge in [0.1, 0.15) is 0 Å². The summed E-state index contributed by atoms with van der Waals surface area (Å²) in [5.74, 6) is 0.670. The third kappa shape index (κ3) is 4.54. The van der Waals surface area contributed by atoms with Gasteiger partial charge in [-0.25, -0.2) is 0 Å². The molecule has 1 atom stereocenters. The number of nitrogens with zero attached hydrogens (tertiary/aromatic N) is 1. The van der Waals surface area contributed by atoms with Gasteiger partial charge in [0.25, 0.3) is 5.69 Å². The fourth-order valence-electron chi connectivity index (χ4n) is 2.43. The quantitative estimate of drug-likeness (QED) is 0.489. The lowest BCUT2D eigenvalue weighted by Gasteiger charge is -2.22. The normalized spacial score (nSPS) is 18.9. The van der Waals surface area contributed by atoms with E-state index < -0.39 is 0 Å². The number of nitro groups is 1. The largest absolute Gasteiger partial charge is 0.376 e. The predicted molar refractivity (Wildman–Crippen MR) is 80.7 cm³/mol. The molecule has 20 heavy (non-hydrogen) atoms. The summed E-state index contributed by atoms with van der Waals surface area (Å²) in [6, 6.07) is 5.06. The zero-order valence-corrected chi connectivity index (χ0v) is 12.9. The molecular formula is C14H19BrN2O3. The average molecular weight is 343 g/mol. The molecule has 0 radical (unpaired) electrons. The fourth-order valence-corrected chi connectivity index (χ4v) is 2.78. The number of rotatable bonds is 6. The van der Waals surface area contributed by atoms with Gasteiger partial charge >= 0.3 is 0 Å². The Morgan fingerprint density at radius 1 is 1.50 bits per heavy atom. The molecular weight excluding hydrogens is 324 g/mol. The van der Waals surface area contributed by atoms with Crippen LogP contribution in [0.3, 0.4) is 0 Å². The maximum Gasteiger partial charge on any atom is 0.276 e. The highest BCUT2D eigenvalue weighted by atomic mass is 79.9. The molecule has 1 N–H and O–H groups in total. The van der Waals surface area contributed by atoms with Crippen LogP contribution in [0.2, 0.25) is 0 Å². The molecule has 1 saturated heterocycles. The summed E-state index contributed by atoms with van der Waals surface area (Å²) in [6.07, 6.45) is 3.48. The van der Waals surface area contributed by atoms with Crippen molar-refractivity contribution in [3.05, 3.63) is 38.3 Å². The minimum absolute atomic E-state index is 0.110. The molecule has 1 aliphatic heterocycles. The monoisotopic (exact) mass is 342 g/mol.